The van der Waals surface area contributed by atoms with Gasteiger partial charge in [0, 0.05) is 40.0 Å². The molecular weight excluding hydrogens is 538 g/mol. The number of aryl methyl sites for hydroxylation is 1. The molecule has 216 valence electrons. The minimum Gasteiger partial charge on any atom is -0.309 e. The maximum absolute atomic E-state index is 5.07. The average molecular weight is 574 g/mol. The van der Waals surface area contributed by atoms with Crippen molar-refractivity contribution in [2.45, 2.75) is 27.7 Å². The van der Waals surface area contributed by atoms with Crippen molar-refractivity contribution >= 4 is 44.8 Å². The van der Waals surface area contributed by atoms with Gasteiger partial charge in [-0.2, -0.15) is 0 Å². The van der Waals surface area contributed by atoms with Gasteiger partial charge >= 0.3 is 0 Å². The lowest BCUT2D eigenvalue weighted by atomic mass is 9.98. The molecule has 0 spiro atoms. The van der Waals surface area contributed by atoms with E-state index in [0.717, 1.165) is 45.2 Å². The van der Waals surface area contributed by atoms with E-state index in [0.29, 0.717) is 6.54 Å². The van der Waals surface area contributed by atoms with Crippen LogP contribution in [0, 0.1) is 6.92 Å². The van der Waals surface area contributed by atoms with Gasteiger partial charge in [-0.3, -0.25) is 14.8 Å². The van der Waals surface area contributed by atoms with Gasteiger partial charge in [0.1, 0.15) is 0 Å². The first-order valence-electron chi connectivity index (χ1n) is 15.3. The molecule has 0 fully saturated rings. The number of anilines is 3. The van der Waals surface area contributed by atoms with E-state index in [4.69, 9.17) is 4.99 Å². The summed E-state index contributed by atoms with van der Waals surface area (Å²) in [7, 11) is 0. The molecule has 44 heavy (non-hydrogen) atoms. The highest BCUT2D eigenvalue weighted by molar-refractivity contribution is 6.24. The number of aromatic nitrogens is 2. The maximum atomic E-state index is 5.07. The molecular formula is C39H35N5. The fraction of sp³-hybridized carbons (Fsp3) is 0.128. The third-order valence-electron chi connectivity index (χ3n) is 8.22. The molecule has 0 atom stereocenters. The van der Waals surface area contributed by atoms with Gasteiger partial charge in [-0.05, 0) is 62.4 Å². The fourth-order valence-electron chi connectivity index (χ4n) is 6.41. The molecule has 5 heteroatoms. The van der Waals surface area contributed by atoms with Crippen LogP contribution in [0.15, 0.2) is 138 Å². The molecule has 2 aromatic heterocycles. The van der Waals surface area contributed by atoms with E-state index in [1.807, 2.05) is 33.2 Å². The Kier molecular flexibility index (Phi) is 7.07. The zero-order valence-electron chi connectivity index (χ0n) is 25.6. The van der Waals surface area contributed by atoms with Crippen LogP contribution in [0.3, 0.4) is 0 Å². The van der Waals surface area contributed by atoms with Gasteiger partial charge in [0.15, 0.2) is 0 Å². The average Bonchev–Trinajstić information content (AvgIpc) is 3.74. The van der Waals surface area contributed by atoms with E-state index in [9.17, 15) is 0 Å². The molecule has 5 nitrogen and oxygen atoms in total. The minimum atomic E-state index is 0.651. The monoisotopic (exact) mass is 573 g/mol. The molecule has 0 N–H and O–H groups in total. The number of pyridine rings is 1. The van der Waals surface area contributed by atoms with Crippen LogP contribution in [0.25, 0.3) is 38.6 Å². The standard InChI is InChI=1S/C37H29N5.C2H6/c1-3-4-11-26-23-39-37-40(26)35-16-9-10-17-36(35)42(37)32-15-8-5-12-27(32)29-22-25(2)18-19-33(29)41-31-14-7-6-13-28(31)30-24-38-21-20-34(30)41;1-2/h3-22,24H,23H2,1-2H3;1-2H3/b4-3-,26-11+;. The number of fused-ring (bicyclic) bond motifs is 6. The zero-order valence-corrected chi connectivity index (χ0v) is 25.6. The number of nitrogens with zero attached hydrogens (tertiary/aromatic N) is 5. The molecule has 0 aliphatic carbocycles. The number of para-hydroxylation sites is 4. The molecule has 0 bridgehead atoms. The summed E-state index contributed by atoms with van der Waals surface area (Å²) in [5.41, 5.74) is 11.5. The van der Waals surface area contributed by atoms with Crippen LogP contribution in [0.4, 0.5) is 17.1 Å². The molecule has 0 saturated carbocycles. The number of guanidine groups is 1. The highest BCUT2D eigenvalue weighted by atomic mass is 15.5. The first kappa shape index (κ1) is 27.4. The first-order valence-corrected chi connectivity index (χ1v) is 15.3. The van der Waals surface area contributed by atoms with Crippen LogP contribution in [-0.4, -0.2) is 22.1 Å². The minimum absolute atomic E-state index is 0.651. The molecule has 0 unspecified atom stereocenters. The lowest BCUT2D eigenvalue weighted by molar-refractivity contribution is 1.16. The Morgan fingerprint density at radius 2 is 1.39 bits per heavy atom. The van der Waals surface area contributed by atoms with Crippen molar-refractivity contribution in [1.82, 2.24) is 9.55 Å². The maximum Gasteiger partial charge on any atom is 0.215 e. The van der Waals surface area contributed by atoms with Gasteiger partial charge in [-0.25, -0.2) is 4.99 Å². The number of benzene rings is 4. The number of hydrogen-bond acceptors (Lipinski definition) is 4. The van der Waals surface area contributed by atoms with E-state index in [2.05, 4.69) is 142 Å². The highest BCUT2D eigenvalue weighted by Gasteiger charge is 2.39. The summed E-state index contributed by atoms with van der Waals surface area (Å²) in [5.74, 6) is 0.941. The molecule has 4 aromatic carbocycles. The van der Waals surface area contributed by atoms with Crippen molar-refractivity contribution in [2.24, 2.45) is 4.99 Å². The van der Waals surface area contributed by atoms with Crippen molar-refractivity contribution in [1.29, 1.82) is 0 Å². The SMILES string of the molecule is C/C=C\C=C1/CN=C2N1c1ccccc1N2c1ccccc1-c1cc(C)ccc1-n1c2ccccc2c2cnccc21.CC. The second kappa shape index (κ2) is 11.3. The van der Waals surface area contributed by atoms with E-state index >= 15 is 0 Å². The van der Waals surface area contributed by atoms with Crippen molar-refractivity contribution in [3.63, 3.8) is 0 Å². The first-order chi connectivity index (χ1) is 21.7. The van der Waals surface area contributed by atoms with E-state index in [-0.39, 0.29) is 0 Å². The van der Waals surface area contributed by atoms with Crippen molar-refractivity contribution in [2.75, 3.05) is 16.3 Å². The van der Waals surface area contributed by atoms with Crippen LogP contribution in [0.5, 0.6) is 0 Å². The van der Waals surface area contributed by atoms with Gasteiger partial charge < -0.3 is 4.57 Å². The summed E-state index contributed by atoms with van der Waals surface area (Å²) in [6.07, 6.45) is 10.2. The predicted molar refractivity (Wildman–Crippen MR) is 186 cm³/mol. The van der Waals surface area contributed by atoms with Crippen LogP contribution >= 0.6 is 0 Å². The number of rotatable bonds is 4. The summed E-state index contributed by atoms with van der Waals surface area (Å²) >= 11 is 0. The third-order valence-corrected chi connectivity index (χ3v) is 8.22. The molecule has 0 amide bonds. The van der Waals surface area contributed by atoms with Gasteiger partial charge in [-0.15, -0.1) is 0 Å². The van der Waals surface area contributed by atoms with E-state index < -0.39 is 0 Å². The summed E-state index contributed by atoms with van der Waals surface area (Å²) in [6.45, 7) is 8.86. The normalized spacial score (nSPS) is 14.7. The van der Waals surface area contributed by atoms with Crippen LogP contribution in [-0.2, 0) is 0 Å². The second-order valence-electron chi connectivity index (χ2n) is 10.7. The molecule has 4 heterocycles. The zero-order chi connectivity index (χ0) is 30.2. The summed E-state index contributed by atoms with van der Waals surface area (Å²) in [5, 5.41) is 2.35. The van der Waals surface area contributed by atoms with Crippen LogP contribution in [0.1, 0.15) is 26.3 Å². The van der Waals surface area contributed by atoms with Gasteiger partial charge in [0.25, 0.3) is 0 Å². The Balaban J connectivity index is 0.00000153. The summed E-state index contributed by atoms with van der Waals surface area (Å²) in [4.78, 5) is 14.1. The Labute approximate surface area is 258 Å². The fourth-order valence-corrected chi connectivity index (χ4v) is 6.41. The lowest BCUT2D eigenvalue weighted by Crippen LogP contribution is -2.31. The lowest BCUT2D eigenvalue weighted by Gasteiger charge is -2.24. The molecule has 6 aromatic rings. The number of aliphatic imine (C=N–C) groups is 1. The van der Waals surface area contributed by atoms with Crippen molar-refractivity contribution in [3.05, 3.63) is 139 Å². The Morgan fingerprint density at radius 1 is 0.682 bits per heavy atom. The molecule has 8 rings (SSSR count). The van der Waals surface area contributed by atoms with Crippen LogP contribution in [0.2, 0.25) is 0 Å². The number of allylic oxidation sites excluding steroid dienone is 3. The van der Waals surface area contributed by atoms with E-state index in [1.165, 1.54) is 27.7 Å². The highest BCUT2D eigenvalue weighted by Crippen LogP contribution is 2.49. The summed E-state index contributed by atoms with van der Waals surface area (Å²) < 4.78 is 2.38. The predicted octanol–water partition coefficient (Wildman–Crippen LogP) is 9.97. The summed E-state index contributed by atoms with van der Waals surface area (Å²) in [6, 6.07) is 34.8. The van der Waals surface area contributed by atoms with Crippen LogP contribution < -0.4 is 9.80 Å². The van der Waals surface area contributed by atoms with Crippen molar-refractivity contribution in [3.8, 4) is 16.8 Å². The smallest absolute Gasteiger partial charge is 0.215 e. The topological polar surface area (TPSA) is 36.7 Å². The van der Waals surface area contributed by atoms with Gasteiger partial charge in [-0.1, -0.05) is 86.2 Å². The second-order valence-corrected chi connectivity index (χ2v) is 10.7. The molecule has 2 aliphatic rings. The quantitative estimate of drug-likeness (QED) is 0.211. The number of hydrogen-bond donors (Lipinski definition) is 0. The largest absolute Gasteiger partial charge is 0.309 e. The molecule has 2 aliphatic heterocycles. The third kappa shape index (κ3) is 4.23. The Morgan fingerprint density at radius 3 is 2.20 bits per heavy atom. The van der Waals surface area contributed by atoms with Crippen molar-refractivity contribution < 1.29 is 0 Å². The Bertz CT molecular complexity index is 2060. The molecule has 0 saturated heterocycles. The van der Waals surface area contributed by atoms with E-state index in [1.54, 1.807) is 0 Å². The molecule has 0 radical (unpaired) electrons. The Hall–Kier alpha value is -5.42. The van der Waals surface area contributed by atoms with Gasteiger partial charge in [0.2, 0.25) is 5.96 Å². The van der Waals surface area contributed by atoms with Gasteiger partial charge in [0.05, 0.1) is 40.3 Å².